The maximum Gasteiger partial charge on any atom is 0.264 e. The highest BCUT2D eigenvalue weighted by Gasteiger charge is 2.21. The van der Waals surface area contributed by atoms with E-state index in [1.807, 2.05) is 6.92 Å². The summed E-state index contributed by atoms with van der Waals surface area (Å²) < 4.78 is 35.8. The lowest BCUT2D eigenvalue weighted by Crippen LogP contribution is -2.25. The van der Waals surface area contributed by atoms with Gasteiger partial charge in [-0.25, -0.2) is 12.8 Å². The van der Waals surface area contributed by atoms with Crippen LogP contribution in [0.3, 0.4) is 0 Å². The van der Waals surface area contributed by atoms with Crippen molar-refractivity contribution < 1.29 is 17.6 Å². The van der Waals surface area contributed by atoms with Gasteiger partial charge in [0.1, 0.15) is 10.7 Å². The van der Waals surface area contributed by atoms with E-state index >= 15 is 0 Å². The Hall–Kier alpha value is -0.850. The zero-order valence-corrected chi connectivity index (χ0v) is 13.1. The van der Waals surface area contributed by atoms with Crippen molar-refractivity contribution in [3.63, 3.8) is 0 Å². The number of rotatable bonds is 6. The van der Waals surface area contributed by atoms with Crippen molar-refractivity contribution in [1.82, 2.24) is 5.32 Å². The van der Waals surface area contributed by atoms with E-state index in [0.717, 1.165) is 31.4 Å². The molecule has 0 aromatic heterocycles. The van der Waals surface area contributed by atoms with Crippen LogP contribution in [0.25, 0.3) is 0 Å². The van der Waals surface area contributed by atoms with Gasteiger partial charge in [-0.1, -0.05) is 31.4 Å². The van der Waals surface area contributed by atoms with Gasteiger partial charge in [0.25, 0.3) is 15.0 Å². The molecule has 1 N–H and O–H groups in total. The van der Waals surface area contributed by atoms with Crippen molar-refractivity contribution in [2.75, 3.05) is 6.54 Å². The topological polar surface area (TPSA) is 63.2 Å². The van der Waals surface area contributed by atoms with Crippen molar-refractivity contribution >= 4 is 37.2 Å². The lowest BCUT2D eigenvalue weighted by atomic mass is 10.2. The average Bonchev–Trinajstić information content (AvgIpc) is 2.32. The number of unbranched alkanes of at least 4 members (excludes halogenated alkanes) is 2. The molecule has 1 amide bonds. The minimum absolute atomic E-state index is 0.121. The van der Waals surface area contributed by atoms with Gasteiger partial charge in [0.15, 0.2) is 0 Å². The highest BCUT2D eigenvalue weighted by molar-refractivity contribution is 8.13. The second kappa shape index (κ2) is 7.24. The Labute approximate surface area is 126 Å². The van der Waals surface area contributed by atoms with E-state index in [2.05, 4.69) is 5.32 Å². The van der Waals surface area contributed by atoms with Crippen LogP contribution in [0.2, 0.25) is 5.02 Å². The first-order valence-corrected chi connectivity index (χ1v) is 8.68. The van der Waals surface area contributed by atoms with Gasteiger partial charge in [-0.2, -0.15) is 0 Å². The minimum Gasteiger partial charge on any atom is -0.352 e. The van der Waals surface area contributed by atoms with Crippen molar-refractivity contribution in [2.45, 2.75) is 31.1 Å². The Bertz CT molecular complexity index is 605. The number of hydrogen-bond donors (Lipinski definition) is 1. The summed E-state index contributed by atoms with van der Waals surface area (Å²) in [6.07, 6.45) is 2.75. The molecule has 4 nitrogen and oxygen atoms in total. The summed E-state index contributed by atoms with van der Waals surface area (Å²) in [5.74, 6) is -1.65. The van der Waals surface area contributed by atoms with Gasteiger partial charge in [-0.05, 0) is 18.6 Å². The maximum absolute atomic E-state index is 13.5. The quantitative estimate of drug-likeness (QED) is 0.637. The highest BCUT2D eigenvalue weighted by Crippen LogP contribution is 2.26. The molecule has 112 valence electrons. The number of amides is 1. The molecule has 0 aliphatic carbocycles. The molecule has 0 heterocycles. The molecule has 0 saturated carbocycles. The van der Waals surface area contributed by atoms with Gasteiger partial charge in [0, 0.05) is 17.2 Å². The van der Waals surface area contributed by atoms with Crippen LogP contribution in [-0.4, -0.2) is 20.9 Å². The summed E-state index contributed by atoms with van der Waals surface area (Å²) in [7, 11) is 0.819. The second-order valence-corrected chi connectivity index (χ2v) is 7.10. The molecule has 0 atom stereocenters. The molecule has 1 rings (SSSR count). The minimum atomic E-state index is -4.28. The van der Waals surface area contributed by atoms with E-state index in [4.69, 9.17) is 22.3 Å². The van der Waals surface area contributed by atoms with Crippen LogP contribution in [-0.2, 0) is 9.05 Å². The molecule has 0 fully saturated rings. The third-order valence-electron chi connectivity index (χ3n) is 2.59. The Balaban J connectivity index is 2.98. The van der Waals surface area contributed by atoms with Gasteiger partial charge in [-0.15, -0.1) is 0 Å². The first kappa shape index (κ1) is 17.2. The fourth-order valence-electron chi connectivity index (χ4n) is 1.56. The second-order valence-electron chi connectivity index (χ2n) is 4.16. The van der Waals surface area contributed by atoms with Gasteiger partial charge >= 0.3 is 0 Å². The van der Waals surface area contributed by atoms with Crippen molar-refractivity contribution in [1.29, 1.82) is 0 Å². The normalized spacial score (nSPS) is 11.4. The Morgan fingerprint density at radius 3 is 2.55 bits per heavy atom. The summed E-state index contributed by atoms with van der Waals surface area (Å²) >= 11 is 5.75. The Morgan fingerprint density at radius 1 is 1.35 bits per heavy atom. The number of hydrogen-bond acceptors (Lipinski definition) is 3. The van der Waals surface area contributed by atoms with E-state index in [9.17, 15) is 17.6 Å². The predicted octanol–water partition coefficient (Wildman–Crippen LogP) is 3.33. The fourth-order valence-corrected chi connectivity index (χ4v) is 2.70. The van der Waals surface area contributed by atoms with Crippen LogP contribution in [0, 0.1) is 5.82 Å². The van der Waals surface area contributed by atoms with Crippen LogP contribution < -0.4 is 5.32 Å². The molecular formula is C12H14Cl2FNO3S. The monoisotopic (exact) mass is 341 g/mol. The molecule has 8 heteroatoms. The van der Waals surface area contributed by atoms with Gasteiger partial charge in [0.2, 0.25) is 0 Å². The van der Waals surface area contributed by atoms with Crippen molar-refractivity contribution in [3.8, 4) is 0 Å². The van der Waals surface area contributed by atoms with Gasteiger partial charge in [-0.3, -0.25) is 4.79 Å². The first-order valence-electron chi connectivity index (χ1n) is 5.99. The standard InChI is InChI=1S/C12H14Cl2FNO3S/c1-2-3-4-5-16-12(17)8-6-11(20(14,18)19)10(15)7-9(8)13/h6-7H,2-5H2,1H3,(H,16,17). The summed E-state index contributed by atoms with van der Waals surface area (Å²) in [4.78, 5) is 11.1. The van der Waals surface area contributed by atoms with E-state index < -0.39 is 25.7 Å². The molecule has 1 aromatic rings. The maximum atomic E-state index is 13.5. The lowest BCUT2D eigenvalue weighted by Gasteiger charge is -2.08. The lowest BCUT2D eigenvalue weighted by molar-refractivity contribution is 0.0953. The predicted molar refractivity (Wildman–Crippen MR) is 76.3 cm³/mol. The van der Waals surface area contributed by atoms with E-state index in [1.165, 1.54) is 0 Å². The third-order valence-corrected chi connectivity index (χ3v) is 4.24. The van der Waals surface area contributed by atoms with Gasteiger partial charge in [0.05, 0.1) is 10.6 Å². The van der Waals surface area contributed by atoms with Crippen LogP contribution in [0.1, 0.15) is 36.5 Å². The van der Waals surface area contributed by atoms with Crippen LogP contribution in [0.5, 0.6) is 0 Å². The fraction of sp³-hybridized carbons (Fsp3) is 0.417. The summed E-state index contributed by atoms with van der Waals surface area (Å²) in [6.45, 7) is 2.46. The molecule has 1 aromatic carbocycles. The highest BCUT2D eigenvalue weighted by atomic mass is 35.7. The third kappa shape index (κ3) is 4.61. The zero-order chi connectivity index (χ0) is 15.3. The molecule has 0 aliphatic heterocycles. The number of nitrogens with one attached hydrogen (secondary N) is 1. The molecule has 20 heavy (non-hydrogen) atoms. The number of halogens is 3. The average molecular weight is 342 g/mol. The number of carbonyl (C=O) groups is 1. The SMILES string of the molecule is CCCCCNC(=O)c1cc(S(=O)(=O)Cl)c(F)cc1Cl. The first-order chi connectivity index (χ1) is 9.27. The Morgan fingerprint density at radius 2 is 2.00 bits per heavy atom. The van der Waals surface area contributed by atoms with Crippen LogP contribution >= 0.6 is 22.3 Å². The number of benzene rings is 1. The largest absolute Gasteiger partial charge is 0.352 e. The number of carbonyl (C=O) groups excluding carboxylic acids is 1. The Kier molecular flexibility index (Phi) is 6.23. The van der Waals surface area contributed by atoms with Crippen LogP contribution in [0.4, 0.5) is 4.39 Å². The van der Waals surface area contributed by atoms with Crippen molar-refractivity contribution in [2.24, 2.45) is 0 Å². The van der Waals surface area contributed by atoms with E-state index in [-0.39, 0.29) is 10.6 Å². The molecule has 0 unspecified atom stereocenters. The summed E-state index contributed by atoms with van der Waals surface area (Å²) in [5.41, 5.74) is -0.121. The van der Waals surface area contributed by atoms with Crippen LogP contribution in [0.15, 0.2) is 17.0 Å². The summed E-state index contributed by atoms with van der Waals surface area (Å²) in [5, 5.41) is 2.42. The van der Waals surface area contributed by atoms with Gasteiger partial charge < -0.3 is 5.32 Å². The van der Waals surface area contributed by atoms with E-state index in [0.29, 0.717) is 6.54 Å². The summed E-state index contributed by atoms with van der Waals surface area (Å²) in [6, 6.07) is 1.60. The molecule has 0 aliphatic rings. The molecule has 0 bridgehead atoms. The van der Waals surface area contributed by atoms with Crippen molar-refractivity contribution in [3.05, 3.63) is 28.5 Å². The molecular weight excluding hydrogens is 328 g/mol. The molecule has 0 spiro atoms. The molecule has 0 saturated heterocycles. The zero-order valence-electron chi connectivity index (χ0n) is 10.8. The smallest absolute Gasteiger partial charge is 0.264 e. The van der Waals surface area contributed by atoms with E-state index in [1.54, 1.807) is 0 Å². The molecule has 0 radical (unpaired) electrons.